The van der Waals surface area contributed by atoms with Crippen molar-refractivity contribution in [1.82, 2.24) is 15.1 Å². The van der Waals surface area contributed by atoms with Gasteiger partial charge in [-0.3, -0.25) is 9.59 Å². The Kier molecular flexibility index (Phi) is 7.27. The van der Waals surface area contributed by atoms with E-state index < -0.39 is 0 Å². The van der Waals surface area contributed by atoms with Crippen LogP contribution in [0, 0.1) is 5.92 Å². The number of anilines is 1. The molecule has 1 heterocycles. The summed E-state index contributed by atoms with van der Waals surface area (Å²) < 4.78 is 0. The van der Waals surface area contributed by atoms with Crippen molar-refractivity contribution in [1.29, 1.82) is 0 Å². The lowest BCUT2D eigenvalue weighted by Crippen LogP contribution is -2.39. The van der Waals surface area contributed by atoms with Gasteiger partial charge < -0.3 is 10.2 Å². The molecule has 0 unspecified atom stereocenters. The zero-order valence-corrected chi connectivity index (χ0v) is 19.1. The molecule has 1 atom stereocenters. The number of nitrogens with zero attached hydrogens (tertiary/aromatic N) is 3. The first kappa shape index (κ1) is 22.1. The zero-order chi connectivity index (χ0) is 22.3. The summed E-state index contributed by atoms with van der Waals surface area (Å²) in [5, 5.41) is 12.3. The zero-order valence-electron chi connectivity index (χ0n) is 18.2. The Morgan fingerprint density at radius 1 is 1.03 bits per heavy atom. The van der Waals surface area contributed by atoms with Gasteiger partial charge in [0.2, 0.25) is 16.9 Å². The van der Waals surface area contributed by atoms with E-state index in [0.29, 0.717) is 11.7 Å². The predicted octanol–water partition coefficient (Wildman–Crippen LogP) is 5.31. The fourth-order valence-electron chi connectivity index (χ4n) is 4.19. The minimum atomic E-state index is -0.162. The molecule has 2 amide bonds. The molecule has 166 valence electrons. The van der Waals surface area contributed by atoms with E-state index in [-0.39, 0.29) is 30.2 Å². The van der Waals surface area contributed by atoms with Gasteiger partial charge in [0.05, 0.1) is 6.04 Å². The van der Waals surface area contributed by atoms with Gasteiger partial charge in [0.15, 0.2) is 0 Å². The second-order valence-electron chi connectivity index (χ2n) is 8.18. The molecule has 0 saturated heterocycles. The monoisotopic (exact) mass is 448 g/mol. The van der Waals surface area contributed by atoms with Gasteiger partial charge in [-0.05, 0) is 25.3 Å². The van der Waals surface area contributed by atoms with Crippen molar-refractivity contribution in [2.75, 3.05) is 11.9 Å². The van der Waals surface area contributed by atoms with Crippen molar-refractivity contribution < 1.29 is 9.59 Å². The largest absolute Gasteiger partial charge is 0.335 e. The van der Waals surface area contributed by atoms with Crippen molar-refractivity contribution in [2.45, 2.75) is 45.1 Å². The highest BCUT2D eigenvalue weighted by Crippen LogP contribution is 2.31. The molecule has 2 aromatic carbocycles. The van der Waals surface area contributed by atoms with Gasteiger partial charge in [0.25, 0.3) is 0 Å². The smallest absolute Gasteiger partial charge is 0.227 e. The lowest BCUT2D eigenvalue weighted by atomic mass is 10.0. The normalized spacial score (nSPS) is 14.8. The summed E-state index contributed by atoms with van der Waals surface area (Å²) in [6.45, 7) is 2.42. The third kappa shape index (κ3) is 5.40. The summed E-state index contributed by atoms with van der Waals surface area (Å²) in [7, 11) is 0. The summed E-state index contributed by atoms with van der Waals surface area (Å²) >= 11 is 1.34. The van der Waals surface area contributed by atoms with Crippen molar-refractivity contribution in [3.63, 3.8) is 0 Å². The van der Waals surface area contributed by atoms with Crippen LogP contribution in [0.3, 0.4) is 0 Å². The Balaban J connectivity index is 1.40. The van der Waals surface area contributed by atoms with Gasteiger partial charge in [-0.15, -0.1) is 10.2 Å². The number of aromatic nitrogens is 2. The molecule has 4 rings (SSSR count). The van der Waals surface area contributed by atoms with E-state index in [1.165, 1.54) is 11.3 Å². The number of benzene rings is 2. The molecule has 3 aromatic rings. The van der Waals surface area contributed by atoms with E-state index in [1.54, 1.807) is 0 Å². The molecule has 1 saturated carbocycles. The number of amides is 2. The molecule has 7 heteroatoms. The van der Waals surface area contributed by atoms with Crippen LogP contribution < -0.4 is 5.32 Å². The molecule has 1 N–H and O–H groups in total. The van der Waals surface area contributed by atoms with E-state index >= 15 is 0 Å². The van der Waals surface area contributed by atoms with Gasteiger partial charge >= 0.3 is 0 Å². The van der Waals surface area contributed by atoms with Crippen LogP contribution in [0.5, 0.6) is 0 Å². The molecular formula is C25H28N4O2S. The maximum absolute atomic E-state index is 13.3. The molecule has 0 bridgehead atoms. The SMILES string of the molecule is C[C@H](c1ccccc1)N(CCC(=O)Nc1nnc(-c2ccccc2)s1)C(=O)C1CCCC1. The van der Waals surface area contributed by atoms with Crippen LogP contribution in [0.15, 0.2) is 60.7 Å². The van der Waals surface area contributed by atoms with Crippen molar-refractivity contribution >= 4 is 28.3 Å². The molecule has 1 fully saturated rings. The highest BCUT2D eigenvalue weighted by Gasteiger charge is 2.30. The topological polar surface area (TPSA) is 75.2 Å². The predicted molar refractivity (Wildman–Crippen MR) is 127 cm³/mol. The number of rotatable bonds is 8. The van der Waals surface area contributed by atoms with Crippen LogP contribution in [0.25, 0.3) is 10.6 Å². The quantitative estimate of drug-likeness (QED) is 0.506. The molecule has 0 radical (unpaired) electrons. The first-order valence-corrected chi connectivity index (χ1v) is 12.0. The summed E-state index contributed by atoms with van der Waals surface area (Å²) in [5.41, 5.74) is 2.05. The van der Waals surface area contributed by atoms with E-state index in [9.17, 15) is 9.59 Å². The molecule has 1 aromatic heterocycles. The van der Waals surface area contributed by atoms with Crippen LogP contribution >= 0.6 is 11.3 Å². The van der Waals surface area contributed by atoms with Gasteiger partial charge in [-0.2, -0.15) is 0 Å². The molecule has 32 heavy (non-hydrogen) atoms. The maximum Gasteiger partial charge on any atom is 0.227 e. The van der Waals surface area contributed by atoms with Gasteiger partial charge in [0, 0.05) is 24.4 Å². The van der Waals surface area contributed by atoms with Crippen molar-refractivity contribution in [2.24, 2.45) is 5.92 Å². The Labute approximate surface area is 192 Å². The second kappa shape index (κ2) is 10.5. The lowest BCUT2D eigenvalue weighted by molar-refractivity contribution is -0.138. The van der Waals surface area contributed by atoms with Crippen molar-refractivity contribution in [3.05, 3.63) is 66.2 Å². The third-order valence-corrected chi connectivity index (χ3v) is 6.90. The Morgan fingerprint density at radius 2 is 1.69 bits per heavy atom. The molecule has 6 nitrogen and oxygen atoms in total. The molecule has 0 spiro atoms. The molecule has 1 aliphatic carbocycles. The second-order valence-corrected chi connectivity index (χ2v) is 9.15. The number of carbonyl (C=O) groups is 2. The molecule has 0 aliphatic heterocycles. The van der Waals surface area contributed by atoms with Gasteiger partial charge in [0.1, 0.15) is 5.01 Å². The number of hydrogen-bond donors (Lipinski definition) is 1. The Morgan fingerprint density at radius 3 is 2.38 bits per heavy atom. The van der Waals surface area contributed by atoms with E-state index in [1.807, 2.05) is 72.5 Å². The minimum Gasteiger partial charge on any atom is -0.335 e. The highest BCUT2D eigenvalue weighted by atomic mass is 32.1. The number of hydrogen-bond acceptors (Lipinski definition) is 5. The first-order valence-electron chi connectivity index (χ1n) is 11.2. The van der Waals surface area contributed by atoms with Crippen LogP contribution in [-0.2, 0) is 9.59 Å². The average Bonchev–Trinajstić information content (AvgIpc) is 3.53. The molecular weight excluding hydrogens is 420 g/mol. The summed E-state index contributed by atoms with van der Waals surface area (Å²) in [5.74, 6) is 0.0694. The van der Waals surface area contributed by atoms with E-state index in [4.69, 9.17) is 0 Å². The highest BCUT2D eigenvalue weighted by molar-refractivity contribution is 7.18. The minimum absolute atomic E-state index is 0.0702. The number of carbonyl (C=O) groups excluding carboxylic acids is 2. The van der Waals surface area contributed by atoms with Crippen molar-refractivity contribution in [3.8, 4) is 10.6 Å². The van der Waals surface area contributed by atoms with Crippen LogP contribution in [0.4, 0.5) is 5.13 Å². The third-order valence-electron chi connectivity index (χ3n) is 6.01. The Hall–Kier alpha value is -3.06. The lowest BCUT2D eigenvalue weighted by Gasteiger charge is -2.32. The molecule has 1 aliphatic rings. The van der Waals surface area contributed by atoms with Gasteiger partial charge in [-0.1, -0.05) is 84.8 Å². The van der Waals surface area contributed by atoms with Crippen LogP contribution in [0.2, 0.25) is 0 Å². The fraction of sp³-hybridized carbons (Fsp3) is 0.360. The maximum atomic E-state index is 13.3. The summed E-state index contributed by atoms with van der Waals surface area (Å²) in [6, 6.07) is 19.7. The van der Waals surface area contributed by atoms with Crippen LogP contribution in [-0.4, -0.2) is 33.5 Å². The van der Waals surface area contributed by atoms with Gasteiger partial charge in [-0.25, -0.2) is 0 Å². The standard InChI is InChI=1S/C25H28N4O2S/c1-18(19-10-4-2-5-11-19)29(24(31)21-14-8-9-15-21)17-16-22(30)26-25-28-27-23(32-25)20-12-6-3-7-13-20/h2-7,10-13,18,21H,8-9,14-17H2,1H3,(H,26,28,30)/t18-/m1/s1. The number of nitrogens with one attached hydrogen (secondary N) is 1. The van der Waals surface area contributed by atoms with E-state index in [2.05, 4.69) is 15.5 Å². The van der Waals surface area contributed by atoms with E-state index in [0.717, 1.165) is 41.8 Å². The van der Waals surface area contributed by atoms with Crippen LogP contribution in [0.1, 0.15) is 50.6 Å². The average molecular weight is 449 g/mol. The first-order chi connectivity index (χ1) is 15.6. The summed E-state index contributed by atoms with van der Waals surface area (Å²) in [4.78, 5) is 27.8. The summed E-state index contributed by atoms with van der Waals surface area (Å²) in [6.07, 6.45) is 4.30. The Bertz CT molecular complexity index is 1030. The fourth-order valence-corrected chi connectivity index (χ4v) is 4.95.